The number of amides is 1. The Labute approximate surface area is 141 Å². The Hall–Kier alpha value is -2.56. The second-order valence-electron chi connectivity index (χ2n) is 5.63. The van der Waals surface area contributed by atoms with Gasteiger partial charge in [-0.2, -0.15) is 0 Å². The van der Waals surface area contributed by atoms with Crippen molar-refractivity contribution < 1.29 is 18.7 Å². The molecule has 0 saturated heterocycles. The van der Waals surface area contributed by atoms with Crippen molar-refractivity contribution in [3.05, 3.63) is 54.3 Å². The molecule has 0 fully saturated rings. The van der Waals surface area contributed by atoms with Crippen molar-refractivity contribution in [3.8, 4) is 11.5 Å². The summed E-state index contributed by atoms with van der Waals surface area (Å²) < 4.78 is 24.7. The van der Waals surface area contributed by atoms with Gasteiger partial charge in [0, 0.05) is 5.69 Å². The van der Waals surface area contributed by atoms with E-state index in [4.69, 9.17) is 9.47 Å². The summed E-state index contributed by atoms with van der Waals surface area (Å²) in [4.78, 5) is 12.3. The van der Waals surface area contributed by atoms with Gasteiger partial charge in [-0.3, -0.25) is 4.79 Å². The maximum atomic E-state index is 13.7. The first-order valence-electron chi connectivity index (χ1n) is 7.98. The summed E-state index contributed by atoms with van der Waals surface area (Å²) in [7, 11) is 0. The normalized spacial score (nSPS) is 11.9. The van der Waals surface area contributed by atoms with Crippen LogP contribution in [0.2, 0.25) is 0 Å². The molecular formula is C19H22FNO3. The van der Waals surface area contributed by atoms with E-state index in [1.165, 1.54) is 12.1 Å². The average Bonchev–Trinajstić information content (AvgIpc) is 2.55. The van der Waals surface area contributed by atoms with Crippen LogP contribution < -0.4 is 14.8 Å². The second-order valence-corrected chi connectivity index (χ2v) is 5.63. The summed E-state index contributed by atoms with van der Waals surface area (Å²) in [6, 6.07) is 13.1. The van der Waals surface area contributed by atoms with Crippen molar-refractivity contribution in [2.75, 3.05) is 5.32 Å². The lowest BCUT2D eigenvalue weighted by Crippen LogP contribution is -2.32. The smallest absolute Gasteiger partial charge is 0.265 e. The lowest BCUT2D eigenvalue weighted by atomic mass is 10.2. The lowest BCUT2D eigenvalue weighted by molar-refractivity contribution is -0.122. The zero-order chi connectivity index (χ0) is 17.5. The predicted octanol–water partition coefficient (Wildman–Crippen LogP) is 4.41. The number of hydrogen-bond donors (Lipinski definition) is 1. The highest BCUT2D eigenvalue weighted by atomic mass is 19.1. The van der Waals surface area contributed by atoms with Crippen molar-refractivity contribution in [2.24, 2.45) is 0 Å². The number of hydrogen-bond acceptors (Lipinski definition) is 3. The third kappa shape index (κ3) is 4.98. The molecule has 2 rings (SSSR count). The first-order chi connectivity index (χ1) is 11.5. The van der Waals surface area contributed by atoms with E-state index in [0.717, 1.165) is 5.75 Å². The molecule has 1 atom stereocenters. The first kappa shape index (κ1) is 17.8. The molecule has 0 radical (unpaired) electrons. The molecule has 0 heterocycles. The van der Waals surface area contributed by atoms with Crippen LogP contribution in [0.25, 0.3) is 0 Å². The highest BCUT2D eigenvalue weighted by molar-refractivity contribution is 5.94. The maximum absolute atomic E-state index is 13.7. The Bertz CT molecular complexity index is 671. The molecule has 5 heteroatoms. The fourth-order valence-corrected chi connectivity index (χ4v) is 2.13. The van der Waals surface area contributed by atoms with E-state index in [2.05, 4.69) is 5.32 Å². The number of para-hydroxylation sites is 1. The number of halogens is 1. The number of benzene rings is 2. The fraction of sp³-hybridized carbons (Fsp3) is 0.316. The topological polar surface area (TPSA) is 47.6 Å². The molecule has 0 bridgehead atoms. The zero-order valence-electron chi connectivity index (χ0n) is 14.1. The van der Waals surface area contributed by atoms with Crippen LogP contribution in [0.4, 0.5) is 10.1 Å². The Morgan fingerprint density at radius 2 is 1.75 bits per heavy atom. The minimum absolute atomic E-state index is 0.0696. The van der Waals surface area contributed by atoms with Crippen molar-refractivity contribution in [1.82, 2.24) is 0 Å². The van der Waals surface area contributed by atoms with Gasteiger partial charge in [0.15, 0.2) is 17.7 Å². The van der Waals surface area contributed by atoms with Crippen molar-refractivity contribution in [3.63, 3.8) is 0 Å². The molecule has 0 aromatic heterocycles. The van der Waals surface area contributed by atoms with Gasteiger partial charge < -0.3 is 14.8 Å². The molecule has 0 spiro atoms. The number of nitrogens with one attached hydrogen (secondary N) is 1. The predicted molar refractivity (Wildman–Crippen MR) is 91.9 cm³/mol. The van der Waals surface area contributed by atoms with Crippen LogP contribution >= 0.6 is 0 Å². The van der Waals surface area contributed by atoms with E-state index in [1.807, 2.05) is 20.8 Å². The third-order valence-electron chi connectivity index (χ3n) is 3.26. The van der Waals surface area contributed by atoms with Gasteiger partial charge >= 0.3 is 0 Å². The molecule has 2 aromatic carbocycles. The quantitative estimate of drug-likeness (QED) is 0.817. The number of ether oxygens (including phenoxy) is 2. The van der Waals surface area contributed by atoms with Crippen molar-refractivity contribution in [2.45, 2.75) is 39.4 Å². The van der Waals surface area contributed by atoms with E-state index in [0.29, 0.717) is 12.1 Å². The number of anilines is 1. The minimum atomic E-state index is -0.770. The van der Waals surface area contributed by atoms with Gasteiger partial charge in [-0.1, -0.05) is 19.1 Å². The van der Waals surface area contributed by atoms with Crippen molar-refractivity contribution >= 4 is 11.6 Å². The number of carbonyl (C=O) groups excluding carboxylic acids is 1. The Morgan fingerprint density at radius 1 is 1.08 bits per heavy atom. The van der Waals surface area contributed by atoms with Crippen LogP contribution in [-0.2, 0) is 4.79 Å². The summed E-state index contributed by atoms with van der Waals surface area (Å²) in [6.07, 6.45) is -0.257. The molecule has 0 aliphatic carbocycles. The van der Waals surface area contributed by atoms with Gasteiger partial charge in [0.2, 0.25) is 0 Å². The molecule has 0 unspecified atom stereocenters. The molecule has 4 nitrogen and oxygen atoms in total. The van der Waals surface area contributed by atoms with E-state index < -0.39 is 11.9 Å². The summed E-state index contributed by atoms with van der Waals surface area (Å²) in [6.45, 7) is 5.70. The van der Waals surface area contributed by atoms with E-state index in [1.54, 1.807) is 36.4 Å². The molecule has 24 heavy (non-hydrogen) atoms. The van der Waals surface area contributed by atoms with E-state index in [-0.39, 0.29) is 17.8 Å². The Morgan fingerprint density at radius 3 is 2.33 bits per heavy atom. The average molecular weight is 331 g/mol. The molecule has 2 aromatic rings. The van der Waals surface area contributed by atoms with E-state index in [9.17, 15) is 9.18 Å². The first-order valence-corrected chi connectivity index (χ1v) is 7.98. The second kappa shape index (κ2) is 8.34. The molecule has 0 saturated carbocycles. The van der Waals surface area contributed by atoms with Crippen LogP contribution in [0.3, 0.4) is 0 Å². The van der Waals surface area contributed by atoms with Crippen LogP contribution in [0.5, 0.6) is 11.5 Å². The SMILES string of the molecule is CC[C@H](Oc1ccccc1F)C(=O)Nc1ccc(OC(C)C)cc1. The summed E-state index contributed by atoms with van der Waals surface area (Å²) >= 11 is 0. The fourth-order valence-electron chi connectivity index (χ4n) is 2.13. The largest absolute Gasteiger partial charge is 0.491 e. The van der Waals surface area contributed by atoms with Crippen LogP contribution in [0.1, 0.15) is 27.2 Å². The highest BCUT2D eigenvalue weighted by Crippen LogP contribution is 2.20. The number of rotatable bonds is 7. The maximum Gasteiger partial charge on any atom is 0.265 e. The van der Waals surface area contributed by atoms with Gasteiger partial charge in [-0.25, -0.2) is 4.39 Å². The summed E-state index contributed by atoms with van der Waals surface area (Å²) in [5.41, 5.74) is 0.631. The lowest BCUT2D eigenvalue weighted by Gasteiger charge is -2.18. The van der Waals surface area contributed by atoms with Gasteiger partial charge in [0.25, 0.3) is 5.91 Å². The monoisotopic (exact) mass is 331 g/mol. The van der Waals surface area contributed by atoms with Crippen LogP contribution in [0.15, 0.2) is 48.5 Å². The molecular weight excluding hydrogens is 309 g/mol. The van der Waals surface area contributed by atoms with Gasteiger partial charge in [-0.15, -0.1) is 0 Å². The van der Waals surface area contributed by atoms with Gasteiger partial charge in [0.05, 0.1) is 6.10 Å². The molecule has 1 amide bonds. The Balaban J connectivity index is 2.00. The molecule has 0 aliphatic heterocycles. The minimum Gasteiger partial charge on any atom is -0.491 e. The summed E-state index contributed by atoms with van der Waals surface area (Å²) in [5, 5.41) is 2.77. The third-order valence-corrected chi connectivity index (χ3v) is 3.26. The van der Waals surface area contributed by atoms with Crippen LogP contribution in [-0.4, -0.2) is 18.1 Å². The molecule has 1 N–H and O–H groups in total. The standard InChI is InChI=1S/C19H22FNO3/c1-4-17(24-18-8-6-5-7-16(18)20)19(22)21-14-9-11-15(12-10-14)23-13(2)3/h5-13,17H,4H2,1-3H3,(H,21,22)/t17-/m0/s1. The van der Waals surface area contributed by atoms with Crippen molar-refractivity contribution in [1.29, 1.82) is 0 Å². The number of carbonyl (C=O) groups is 1. The van der Waals surface area contributed by atoms with Gasteiger partial charge in [0.1, 0.15) is 5.75 Å². The Kier molecular flexibility index (Phi) is 6.18. The molecule has 128 valence electrons. The zero-order valence-corrected chi connectivity index (χ0v) is 14.1. The van der Waals surface area contributed by atoms with Gasteiger partial charge in [-0.05, 0) is 56.7 Å². The van der Waals surface area contributed by atoms with E-state index >= 15 is 0 Å². The highest BCUT2D eigenvalue weighted by Gasteiger charge is 2.20. The van der Waals surface area contributed by atoms with Crippen LogP contribution in [0, 0.1) is 5.82 Å². The molecule has 0 aliphatic rings. The summed E-state index contributed by atoms with van der Waals surface area (Å²) in [5.74, 6) is -0.00459.